The van der Waals surface area contributed by atoms with Crippen LogP contribution in [0.3, 0.4) is 0 Å². The highest BCUT2D eigenvalue weighted by Crippen LogP contribution is 2.38. The van der Waals surface area contributed by atoms with Crippen LogP contribution in [0.1, 0.15) is 10.4 Å². The zero-order chi connectivity index (χ0) is 13.9. The third-order valence-electron chi connectivity index (χ3n) is 1.85. The maximum atomic E-state index is 10.7. The number of benzene rings is 1. The highest BCUT2D eigenvalue weighted by atomic mass is 16.6. The van der Waals surface area contributed by atoms with Gasteiger partial charge >= 0.3 is 5.97 Å². The molecular weight excluding hydrogens is 250 g/mol. The molecule has 18 heavy (non-hydrogen) atoms. The van der Waals surface area contributed by atoms with Crippen LogP contribution in [0.2, 0.25) is 0 Å². The fraction of sp³-hybridized carbons (Fsp3) is 0. The Morgan fingerprint density at radius 1 is 1.28 bits per heavy atom. The van der Waals surface area contributed by atoms with Crippen LogP contribution in [-0.2, 0) is 0 Å². The van der Waals surface area contributed by atoms with Gasteiger partial charge in [-0.05, 0) is 10.6 Å². The number of nitro benzene ring substituents is 2. The molecule has 0 atom stereocenters. The van der Waals surface area contributed by atoms with E-state index in [-0.39, 0.29) is 0 Å². The zero-order valence-corrected chi connectivity index (χ0v) is 8.38. The summed E-state index contributed by atoms with van der Waals surface area (Å²) >= 11 is 0. The van der Waals surface area contributed by atoms with Gasteiger partial charge in [0.15, 0.2) is 5.69 Å². The fourth-order valence-corrected chi connectivity index (χ4v) is 1.15. The molecule has 0 saturated carbocycles. The van der Waals surface area contributed by atoms with Crippen LogP contribution in [0.25, 0.3) is 10.4 Å². The van der Waals surface area contributed by atoms with Gasteiger partial charge in [0.1, 0.15) is 0 Å². The van der Waals surface area contributed by atoms with Crippen molar-refractivity contribution in [1.29, 1.82) is 0 Å². The molecule has 0 unspecified atom stereocenters. The Bertz CT molecular complexity index is 569. The van der Waals surface area contributed by atoms with Crippen molar-refractivity contribution >= 4 is 23.0 Å². The van der Waals surface area contributed by atoms with Gasteiger partial charge < -0.3 is 5.11 Å². The first kappa shape index (κ1) is 12.9. The molecule has 0 bridgehead atoms. The summed E-state index contributed by atoms with van der Waals surface area (Å²) in [5, 5.41) is 32.8. The molecule has 0 spiro atoms. The Labute approximate surface area is 97.2 Å². The fourth-order valence-electron chi connectivity index (χ4n) is 1.15. The number of carbonyl (C=O) groups is 1. The van der Waals surface area contributed by atoms with Crippen molar-refractivity contribution in [2.45, 2.75) is 0 Å². The van der Waals surface area contributed by atoms with Crippen LogP contribution in [0.5, 0.6) is 0 Å². The first-order chi connectivity index (χ1) is 8.38. The van der Waals surface area contributed by atoms with Gasteiger partial charge in [-0.15, -0.1) is 0 Å². The highest BCUT2D eigenvalue weighted by Gasteiger charge is 2.27. The number of aromatic carboxylic acids is 1. The van der Waals surface area contributed by atoms with Gasteiger partial charge in [-0.1, -0.05) is 0 Å². The molecule has 11 nitrogen and oxygen atoms in total. The predicted octanol–water partition coefficient (Wildman–Crippen LogP) is 2.14. The minimum absolute atomic E-state index is 0.583. The number of carboxylic acid groups (broad SMARTS) is 1. The third-order valence-corrected chi connectivity index (χ3v) is 1.85. The zero-order valence-electron chi connectivity index (χ0n) is 8.38. The summed E-state index contributed by atoms with van der Waals surface area (Å²) in [7, 11) is 0. The number of azide groups is 1. The molecule has 1 rings (SSSR count). The highest BCUT2D eigenvalue weighted by molar-refractivity contribution is 5.91. The lowest BCUT2D eigenvalue weighted by atomic mass is 10.1. The normalized spacial score (nSPS) is 9.33. The molecule has 11 heteroatoms. The Kier molecular flexibility index (Phi) is 3.40. The molecule has 1 aromatic carbocycles. The van der Waals surface area contributed by atoms with Crippen LogP contribution >= 0.6 is 0 Å². The smallest absolute Gasteiger partial charge is 0.336 e. The molecule has 1 N–H and O–H groups in total. The van der Waals surface area contributed by atoms with Crippen molar-refractivity contribution in [2.24, 2.45) is 5.11 Å². The molecule has 0 saturated heterocycles. The van der Waals surface area contributed by atoms with Gasteiger partial charge in [0.05, 0.1) is 15.4 Å². The third kappa shape index (κ3) is 2.31. The summed E-state index contributed by atoms with van der Waals surface area (Å²) in [6.45, 7) is 0. The molecule has 0 aliphatic heterocycles. The molecule has 0 aromatic heterocycles. The van der Waals surface area contributed by atoms with Gasteiger partial charge in [-0.2, -0.15) is 0 Å². The van der Waals surface area contributed by atoms with E-state index in [1.54, 1.807) is 0 Å². The molecular formula is C7H3N5O6. The van der Waals surface area contributed by atoms with E-state index < -0.39 is 38.4 Å². The molecule has 92 valence electrons. The molecule has 0 aliphatic carbocycles. The summed E-state index contributed by atoms with van der Waals surface area (Å²) in [5.74, 6) is -1.58. The number of nitro groups is 2. The first-order valence-electron chi connectivity index (χ1n) is 4.13. The van der Waals surface area contributed by atoms with Crippen LogP contribution in [0, 0.1) is 20.2 Å². The van der Waals surface area contributed by atoms with Crippen molar-refractivity contribution in [2.75, 3.05) is 0 Å². The van der Waals surface area contributed by atoms with Gasteiger partial charge in [0, 0.05) is 17.0 Å². The minimum Gasteiger partial charge on any atom is -0.478 e. The largest absolute Gasteiger partial charge is 0.478 e. The predicted molar refractivity (Wildman–Crippen MR) is 55.5 cm³/mol. The van der Waals surface area contributed by atoms with E-state index in [9.17, 15) is 25.0 Å². The summed E-state index contributed by atoms with van der Waals surface area (Å²) < 4.78 is 0. The van der Waals surface area contributed by atoms with Gasteiger partial charge in [0.25, 0.3) is 11.4 Å². The van der Waals surface area contributed by atoms with E-state index in [2.05, 4.69) is 10.0 Å². The summed E-state index contributed by atoms with van der Waals surface area (Å²) in [5.41, 5.74) is 4.83. The molecule has 0 heterocycles. The minimum atomic E-state index is -1.58. The molecule has 0 amide bonds. The van der Waals surface area contributed by atoms with E-state index in [1.165, 1.54) is 0 Å². The van der Waals surface area contributed by atoms with Crippen LogP contribution in [0.4, 0.5) is 17.1 Å². The van der Waals surface area contributed by atoms with E-state index in [1.807, 2.05) is 0 Å². The van der Waals surface area contributed by atoms with Crippen molar-refractivity contribution in [3.8, 4) is 0 Å². The average molecular weight is 253 g/mol. The van der Waals surface area contributed by atoms with E-state index >= 15 is 0 Å². The Morgan fingerprint density at radius 2 is 1.72 bits per heavy atom. The molecule has 1 aromatic rings. The lowest BCUT2D eigenvalue weighted by Gasteiger charge is -2.00. The van der Waals surface area contributed by atoms with Crippen LogP contribution in [0.15, 0.2) is 17.2 Å². The maximum absolute atomic E-state index is 10.7. The van der Waals surface area contributed by atoms with Crippen molar-refractivity contribution in [1.82, 2.24) is 0 Å². The number of carboxylic acids is 1. The lowest BCUT2D eigenvalue weighted by Crippen LogP contribution is -2.01. The van der Waals surface area contributed by atoms with E-state index in [4.69, 9.17) is 10.6 Å². The van der Waals surface area contributed by atoms with Crippen molar-refractivity contribution in [3.05, 3.63) is 48.4 Å². The van der Waals surface area contributed by atoms with Crippen molar-refractivity contribution in [3.63, 3.8) is 0 Å². The topological polar surface area (TPSA) is 172 Å². The van der Waals surface area contributed by atoms with Gasteiger partial charge in [-0.3, -0.25) is 20.2 Å². The van der Waals surface area contributed by atoms with E-state index in [0.717, 1.165) is 0 Å². The molecule has 0 fully saturated rings. The number of hydrogen-bond acceptors (Lipinski definition) is 6. The number of rotatable bonds is 4. The lowest BCUT2D eigenvalue weighted by molar-refractivity contribution is -0.392. The Hall–Kier alpha value is -3.20. The monoisotopic (exact) mass is 253 g/mol. The average Bonchev–Trinajstić information content (AvgIpc) is 2.28. The van der Waals surface area contributed by atoms with Crippen LogP contribution < -0.4 is 0 Å². The van der Waals surface area contributed by atoms with E-state index in [0.29, 0.717) is 12.1 Å². The Balaban J connectivity index is 3.76. The second-order valence-corrected chi connectivity index (χ2v) is 2.87. The second kappa shape index (κ2) is 4.76. The molecule has 0 radical (unpaired) electrons. The van der Waals surface area contributed by atoms with Crippen molar-refractivity contribution < 1.29 is 19.7 Å². The van der Waals surface area contributed by atoms with Crippen LogP contribution in [-0.4, -0.2) is 20.9 Å². The molecule has 0 aliphatic rings. The number of nitrogens with zero attached hydrogens (tertiary/aromatic N) is 5. The van der Waals surface area contributed by atoms with Gasteiger partial charge in [0.2, 0.25) is 0 Å². The quantitative estimate of drug-likeness (QED) is 0.282. The number of hydrogen-bond donors (Lipinski definition) is 1. The summed E-state index contributed by atoms with van der Waals surface area (Å²) in [6, 6.07) is 1.17. The maximum Gasteiger partial charge on any atom is 0.336 e. The first-order valence-corrected chi connectivity index (χ1v) is 4.13. The summed E-state index contributed by atoms with van der Waals surface area (Å²) in [4.78, 5) is 32.1. The Morgan fingerprint density at radius 3 is 2.00 bits per heavy atom. The summed E-state index contributed by atoms with van der Waals surface area (Å²) in [6.07, 6.45) is 0. The SMILES string of the molecule is [N-]=[N+]=Nc1c([N+](=O)[O-])cc(C(=O)O)cc1[N+](=O)[O-]. The standard InChI is InChI=1S/C7H3N5O6/c8-10-9-6-4(11(15)16)1-3(7(13)14)2-5(6)12(17)18/h1-2H,(H,13,14). The second-order valence-electron chi connectivity index (χ2n) is 2.87. The van der Waals surface area contributed by atoms with Gasteiger partial charge in [-0.25, -0.2) is 4.79 Å².